The molecule has 0 aromatic carbocycles. The number of aryl methyl sites for hydroxylation is 2. The van der Waals surface area contributed by atoms with E-state index < -0.39 is 0 Å². The molecule has 0 bridgehead atoms. The van der Waals surface area contributed by atoms with Crippen molar-refractivity contribution in [2.75, 3.05) is 0 Å². The van der Waals surface area contributed by atoms with Gasteiger partial charge in [-0.25, -0.2) is 0 Å². The van der Waals surface area contributed by atoms with Crippen molar-refractivity contribution in [3.63, 3.8) is 0 Å². The molecule has 0 aliphatic heterocycles. The second kappa shape index (κ2) is 5.03. The van der Waals surface area contributed by atoms with Gasteiger partial charge in [-0.2, -0.15) is 0 Å². The zero-order valence-corrected chi connectivity index (χ0v) is 9.96. The molecule has 0 spiro atoms. The van der Waals surface area contributed by atoms with Crippen LogP contribution in [-0.4, -0.2) is 10.8 Å². The number of aromatic nitrogens is 1. The van der Waals surface area contributed by atoms with Gasteiger partial charge in [0.15, 0.2) is 5.78 Å². The molecule has 0 N–H and O–H groups in total. The third kappa shape index (κ3) is 2.55. The van der Waals surface area contributed by atoms with Crippen LogP contribution in [0.3, 0.4) is 0 Å². The van der Waals surface area contributed by atoms with Crippen LogP contribution in [0.2, 0.25) is 0 Å². The van der Waals surface area contributed by atoms with Gasteiger partial charge in [-0.3, -0.25) is 9.78 Å². The number of carbonyl (C=O) groups is 1. The Morgan fingerprint density at radius 3 is 2.94 bits per heavy atom. The molecule has 0 fully saturated rings. The molecule has 0 aliphatic carbocycles. The van der Waals surface area contributed by atoms with E-state index in [1.165, 1.54) is 11.3 Å². The lowest BCUT2D eigenvalue weighted by atomic mass is 10.1. The van der Waals surface area contributed by atoms with Crippen molar-refractivity contribution < 1.29 is 4.79 Å². The van der Waals surface area contributed by atoms with Gasteiger partial charge in [0.05, 0.1) is 4.88 Å². The van der Waals surface area contributed by atoms with Crippen molar-refractivity contribution in [2.24, 2.45) is 0 Å². The molecule has 16 heavy (non-hydrogen) atoms. The van der Waals surface area contributed by atoms with E-state index in [9.17, 15) is 4.79 Å². The Kier molecular flexibility index (Phi) is 3.47. The van der Waals surface area contributed by atoms with Crippen LogP contribution in [-0.2, 0) is 6.42 Å². The van der Waals surface area contributed by atoms with Gasteiger partial charge in [-0.15, -0.1) is 11.3 Å². The third-order valence-electron chi connectivity index (χ3n) is 2.48. The van der Waals surface area contributed by atoms with E-state index in [4.69, 9.17) is 0 Å². The third-order valence-corrected chi connectivity index (χ3v) is 3.54. The SMILES string of the molecule is Cc1ccsc1C(=O)CCc1cccnc1. The van der Waals surface area contributed by atoms with E-state index in [1.807, 2.05) is 36.7 Å². The van der Waals surface area contributed by atoms with Crippen LogP contribution in [0.5, 0.6) is 0 Å². The molecule has 0 amide bonds. The van der Waals surface area contributed by atoms with Gasteiger partial charge in [0.1, 0.15) is 0 Å². The molecule has 3 heteroatoms. The molecule has 82 valence electrons. The normalized spacial score (nSPS) is 10.3. The predicted molar refractivity (Wildman–Crippen MR) is 65.9 cm³/mol. The zero-order valence-electron chi connectivity index (χ0n) is 9.14. The highest BCUT2D eigenvalue weighted by Gasteiger charge is 2.10. The first-order chi connectivity index (χ1) is 7.77. The molecule has 0 atom stereocenters. The fourth-order valence-corrected chi connectivity index (χ4v) is 2.47. The van der Waals surface area contributed by atoms with E-state index >= 15 is 0 Å². The first-order valence-electron chi connectivity index (χ1n) is 5.23. The fourth-order valence-electron chi connectivity index (χ4n) is 1.58. The highest BCUT2D eigenvalue weighted by atomic mass is 32.1. The number of nitrogens with zero attached hydrogens (tertiary/aromatic N) is 1. The molecule has 0 radical (unpaired) electrons. The maximum Gasteiger partial charge on any atom is 0.173 e. The Morgan fingerprint density at radius 1 is 1.44 bits per heavy atom. The Labute approximate surface area is 99.0 Å². The number of pyridine rings is 1. The van der Waals surface area contributed by atoms with Crippen LogP contribution < -0.4 is 0 Å². The Balaban J connectivity index is 1.97. The van der Waals surface area contributed by atoms with E-state index in [0.29, 0.717) is 6.42 Å². The van der Waals surface area contributed by atoms with Crippen LogP contribution >= 0.6 is 11.3 Å². The molecular formula is C13H13NOS. The summed E-state index contributed by atoms with van der Waals surface area (Å²) >= 11 is 1.53. The van der Waals surface area contributed by atoms with Crippen LogP contribution in [0, 0.1) is 6.92 Å². The number of thiophene rings is 1. The second-order valence-electron chi connectivity index (χ2n) is 3.72. The molecule has 0 saturated carbocycles. The lowest BCUT2D eigenvalue weighted by Crippen LogP contribution is -2.00. The molecule has 2 heterocycles. The van der Waals surface area contributed by atoms with Crippen molar-refractivity contribution in [1.29, 1.82) is 0 Å². The van der Waals surface area contributed by atoms with Gasteiger partial charge < -0.3 is 0 Å². The summed E-state index contributed by atoms with van der Waals surface area (Å²) in [5, 5.41) is 1.96. The maximum atomic E-state index is 11.9. The van der Waals surface area contributed by atoms with Crippen molar-refractivity contribution in [1.82, 2.24) is 4.98 Å². The van der Waals surface area contributed by atoms with E-state index in [0.717, 1.165) is 22.4 Å². The number of ketones is 1. The van der Waals surface area contributed by atoms with Crippen LogP contribution in [0.4, 0.5) is 0 Å². The molecule has 0 unspecified atom stereocenters. The molecule has 2 nitrogen and oxygen atoms in total. The zero-order chi connectivity index (χ0) is 11.4. The standard InChI is InChI=1S/C13H13NOS/c1-10-6-8-16-13(10)12(15)5-4-11-3-2-7-14-9-11/h2-3,6-9H,4-5H2,1H3. The maximum absolute atomic E-state index is 11.9. The van der Waals surface area contributed by atoms with E-state index in [2.05, 4.69) is 4.98 Å². The largest absolute Gasteiger partial charge is 0.293 e. The Bertz CT molecular complexity index is 476. The van der Waals surface area contributed by atoms with Gasteiger partial charge in [0.2, 0.25) is 0 Å². The molecule has 2 aromatic heterocycles. The fraction of sp³-hybridized carbons (Fsp3) is 0.231. The Hall–Kier alpha value is -1.48. The highest BCUT2D eigenvalue weighted by Crippen LogP contribution is 2.18. The number of rotatable bonds is 4. The summed E-state index contributed by atoms with van der Waals surface area (Å²) in [7, 11) is 0. The predicted octanol–water partition coefficient (Wildman–Crippen LogP) is 3.27. The van der Waals surface area contributed by atoms with Crippen molar-refractivity contribution >= 4 is 17.1 Å². The van der Waals surface area contributed by atoms with Crippen LogP contribution in [0.15, 0.2) is 36.0 Å². The first-order valence-corrected chi connectivity index (χ1v) is 6.11. The number of carbonyl (C=O) groups excluding carboxylic acids is 1. The number of hydrogen-bond acceptors (Lipinski definition) is 3. The van der Waals surface area contributed by atoms with Crippen molar-refractivity contribution in [3.8, 4) is 0 Å². The van der Waals surface area contributed by atoms with Gasteiger partial charge >= 0.3 is 0 Å². The number of Topliss-reactive ketones (excluding diaryl/α,β-unsaturated/α-hetero) is 1. The smallest absolute Gasteiger partial charge is 0.173 e. The lowest BCUT2D eigenvalue weighted by Gasteiger charge is -2.00. The lowest BCUT2D eigenvalue weighted by molar-refractivity contribution is 0.0986. The van der Waals surface area contributed by atoms with Crippen molar-refractivity contribution in [3.05, 3.63) is 52.0 Å². The molecule has 2 rings (SSSR count). The average Bonchev–Trinajstić information content (AvgIpc) is 2.74. The summed E-state index contributed by atoms with van der Waals surface area (Å²) in [6.45, 7) is 1.98. The monoisotopic (exact) mass is 231 g/mol. The Morgan fingerprint density at radius 2 is 2.31 bits per heavy atom. The quantitative estimate of drug-likeness (QED) is 0.756. The summed E-state index contributed by atoms with van der Waals surface area (Å²) in [6.07, 6.45) is 4.89. The van der Waals surface area contributed by atoms with Crippen LogP contribution in [0.25, 0.3) is 0 Å². The van der Waals surface area contributed by atoms with Gasteiger partial charge in [0, 0.05) is 18.8 Å². The minimum Gasteiger partial charge on any atom is -0.293 e. The summed E-state index contributed by atoms with van der Waals surface area (Å²) < 4.78 is 0. The van der Waals surface area contributed by atoms with Gasteiger partial charge in [0.25, 0.3) is 0 Å². The topological polar surface area (TPSA) is 30.0 Å². The molecule has 0 aliphatic rings. The average molecular weight is 231 g/mol. The minimum absolute atomic E-state index is 0.233. The second-order valence-corrected chi connectivity index (χ2v) is 4.63. The van der Waals surface area contributed by atoms with Gasteiger partial charge in [-0.05, 0) is 42.0 Å². The summed E-state index contributed by atoms with van der Waals surface area (Å²) in [5.41, 5.74) is 2.20. The van der Waals surface area contributed by atoms with Gasteiger partial charge in [-0.1, -0.05) is 6.07 Å². The highest BCUT2D eigenvalue weighted by molar-refractivity contribution is 7.12. The minimum atomic E-state index is 0.233. The molecule has 2 aromatic rings. The van der Waals surface area contributed by atoms with Crippen molar-refractivity contribution in [2.45, 2.75) is 19.8 Å². The van der Waals surface area contributed by atoms with E-state index in [-0.39, 0.29) is 5.78 Å². The summed E-state index contributed by atoms with van der Waals surface area (Å²) in [6, 6.07) is 5.89. The van der Waals surface area contributed by atoms with Crippen LogP contribution in [0.1, 0.15) is 27.2 Å². The molecule has 0 saturated heterocycles. The summed E-state index contributed by atoms with van der Waals surface area (Å²) in [5.74, 6) is 0.233. The van der Waals surface area contributed by atoms with E-state index in [1.54, 1.807) is 6.20 Å². The summed E-state index contributed by atoms with van der Waals surface area (Å²) in [4.78, 5) is 16.8. The number of hydrogen-bond donors (Lipinski definition) is 0. The first kappa shape index (κ1) is 11.0. The molecular weight excluding hydrogens is 218 g/mol.